The second kappa shape index (κ2) is 5.21. The summed E-state index contributed by atoms with van der Waals surface area (Å²) in [5, 5.41) is 10.9. The summed E-state index contributed by atoms with van der Waals surface area (Å²) >= 11 is 0. The molecule has 1 fully saturated rings. The van der Waals surface area contributed by atoms with Crippen molar-refractivity contribution < 1.29 is 14.6 Å². The molecule has 2 aromatic carbocycles. The van der Waals surface area contributed by atoms with Crippen molar-refractivity contribution in [1.82, 2.24) is 0 Å². The predicted octanol–water partition coefficient (Wildman–Crippen LogP) is 3.50. The molecule has 2 atom stereocenters. The Bertz CT molecular complexity index is 700. The first kappa shape index (κ1) is 13.5. The van der Waals surface area contributed by atoms with Crippen molar-refractivity contribution in [2.75, 3.05) is 18.6 Å². The Kier molecular flexibility index (Phi) is 3.19. The van der Waals surface area contributed by atoms with E-state index in [1.165, 1.54) is 0 Å². The van der Waals surface area contributed by atoms with Crippen LogP contribution in [0.15, 0.2) is 42.5 Å². The van der Waals surface area contributed by atoms with Crippen molar-refractivity contribution in [1.29, 1.82) is 0 Å². The number of aliphatic hydroxyl groups excluding tert-OH is 1. The Morgan fingerprint density at radius 3 is 2.91 bits per heavy atom. The van der Waals surface area contributed by atoms with Gasteiger partial charge >= 0.3 is 0 Å². The number of benzene rings is 2. The van der Waals surface area contributed by atoms with E-state index in [0.717, 1.165) is 42.1 Å². The van der Waals surface area contributed by atoms with Crippen LogP contribution in [0.2, 0.25) is 0 Å². The minimum atomic E-state index is -0.559. The highest BCUT2D eigenvalue weighted by Gasteiger charge is 2.36. The molecule has 4 heteroatoms. The molecule has 0 unspecified atom stereocenters. The van der Waals surface area contributed by atoms with E-state index in [1.54, 1.807) is 7.11 Å². The van der Waals surface area contributed by atoms with E-state index in [4.69, 9.17) is 9.47 Å². The number of rotatable bonds is 1. The summed E-state index contributed by atoms with van der Waals surface area (Å²) in [6, 6.07) is 13.7. The molecule has 2 heterocycles. The summed E-state index contributed by atoms with van der Waals surface area (Å²) in [7, 11) is 1.63. The zero-order valence-electron chi connectivity index (χ0n) is 12.5. The molecule has 4 nitrogen and oxygen atoms in total. The first-order chi connectivity index (χ1) is 10.8. The lowest BCUT2D eigenvalue weighted by Crippen LogP contribution is -2.35. The fourth-order valence-corrected chi connectivity index (χ4v) is 3.50. The quantitative estimate of drug-likeness (QED) is 0.874. The van der Waals surface area contributed by atoms with E-state index >= 15 is 0 Å². The number of para-hydroxylation sites is 2. The van der Waals surface area contributed by atoms with Gasteiger partial charge in [-0.2, -0.15) is 0 Å². The number of fused-ring (bicyclic) bond motifs is 4. The third kappa shape index (κ3) is 2.03. The van der Waals surface area contributed by atoms with Gasteiger partial charge in [0.1, 0.15) is 17.6 Å². The minimum absolute atomic E-state index is 0.0946. The maximum Gasteiger partial charge on any atom is 0.150 e. The molecule has 0 bridgehead atoms. The number of methoxy groups -OCH3 is 1. The number of ether oxygens (including phenoxy) is 2. The van der Waals surface area contributed by atoms with E-state index in [1.807, 2.05) is 36.4 Å². The van der Waals surface area contributed by atoms with Crippen molar-refractivity contribution in [3.63, 3.8) is 0 Å². The monoisotopic (exact) mass is 297 g/mol. The summed E-state index contributed by atoms with van der Waals surface area (Å²) < 4.78 is 11.4. The fraction of sp³-hybridized carbons (Fsp3) is 0.333. The molecule has 2 aliphatic rings. The zero-order valence-corrected chi connectivity index (χ0v) is 12.5. The Morgan fingerprint density at radius 2 is 2.05 bits per heavy atom. The molecule has 22 heavy (non-hydrogen) atoms. The summed E-state index contributed by atoms with van der Waals surface area (Å²) in [5.74, 6) is 2.23. The lowest BCUT2D eigenvalue weighted by molar-refractivity contribution is 0.142. The van der Waals surface area contributed by atoms with E-state index in [0.29, 0.717) is 5.75 Å². The largest absolute Gasteiger partial charge is 0.497 e. The van der Waals surface area contributed by atoms with Crippen LogP contribution < -0.4 is 14.4 Å². The summed E-state index contributed by atoms with van der Waals surface area (Å²) in [5.41, 5.74) is 1.88. The smallest absolute Gasteiger partial charge is 0.150 e. The lowest BCUT2D eigenvalue weighted by Gasteiger charge is -2.34. The van der Waals surface area contributed by atoms with Crippen LogP contribution in [0.5, 0.6) is 17.2 Å². The molecule has 0 saturated carbocycles. The second-order valence-corrected chi connectivity index (χ2v) is 5.82. The Morgan fingerprint density at radius 1 is 1.18 bits per heavy atom. The molecule has 2 aromatic rings. The lowest BCUT2D eigenvalue weighted by atomic mass is 9.98. The minimum Gasteiger partial charge on any atom is -0.497 e. The Labute approximate surface area is 129 Å². The summed E-state index contributed by atoms with van der Waals surface area (Å²) in [6.07, 6.45) is 1.51. The Hall–Kier alpha value is -2.20. The van der Waals surface area contributed by atoms with Gasteiger partial charge in [0.2, 0.25) is 0 Å². The van der Waals surface area contributed by atoms with Gasteiger partial charge in [0, 0.05) is 18.2 Å². The van der Waals surface area contributed by atoms with E-state index in [9.17, 15) is 5.11 Å². The summed E-state index contributed by atoms with van der Waals surface area (Å²) in [4.78, 5) is 2.27. The van der Waals surface area contributed by atoms with Gasteiger partial charge in [-0.25, -0.2) is 0 Å². The van der Waals surface area contributed by atoms with Crippen LogP contribution in [0.3, 0.4) is 0 Å². The van der Waals surface area contributed by atoms with Crippen LogP contribution in [-0.2, 0) is 0 Å². The van der Waals surface area contributed by atoms with Gasteiger partial charge in [-0.05, 0) is 37.1 Å². The highest BCUT2D eigenvalue weighted by Crippen LogP contribution is 2.45. The molecule has 0 amide bonds. The van der Waals surface area contributed by atoms with Crippen LogP contribution >= 0.6 is 0 Å². The molecular formula is C18H19NO3. The van der Waals surface area contributed by atoms with E-state index in [-0.39, 0.29) is 6.04 Å². The molecular weight excluding hydrogens is 278 g/mol. The first-order valence-electron chi connectivity index (χ1n) is 7.67. The SMILES string of the molecule is COc1ccc2c(c1)Oc1ccccc1N1CCC[C@H]1[C@@H]2O. The number of aliphatic hydroxyl groups is 1. The number of hydrogen-bond donors (Lipinski definition) is 1. The fourth-order valence-electron chi connectivity index (χ4n) is 3.50. The molecule has 114 valence electrons. The van der Waals surface area contributed by atoms with Crippen LogP contribution in [0.1, 0.15) is 24.5 Å². The molecule has 1 N–H and O–H groups in total. The van der Waals surface area contributed by atoms with Gasteiger partial charge < -0.3 is 19.5 Å². The van der Waals surface area contributed by atoms with Crippen molar-refractivity contribution in [3.8, 4) is 17.2 Å². The number of anilines is 1. The zero-order chi connectivity index (χ0) is 15.1. The highest BCUT2D eigenvalue weighted by molar-refractivity contribution is 5.63. The summed E-state index contributed by atoms with van der Waals surface area (Å²) in [6.45, 7) is 0.952. The van der Waals surface area contributed by atoms with Gasteiger partial charge in [-0.15, -0.1) is 0 Å². The third-order valence-electron chi connectivity index (χ3n) is 4.60. The van der Waals surface area contributed by atoms with Crippen molar-refractivity contribution >= 4 is 5.69 Å². The van der Waals surface area contributed by atoms with Gasteiger partial charge in [0.05, 0.1) is 18.8 Å². The van der Waals surface area contributed by atoms with Gasteiger partial charge in [-0.3, -0.25) is 0 Å². The normalized spacial score (nSPS) is 22.7. The maximum atomic E-state index is 10.9. The second-order valence-electron chi connectivity index (χ2n) is 5.82. The maximum absolute atomic E-state index is 10.9. The average molecular weight is 297 g/mol. The van der Waals surface area contributed by atoms with E-state index < -0.39 is 6.10 Å². The van der Waals surface area contributed by atoms with E-state index in [2.05, 4.69) is 11.0 Å². The topological polar surface area (TPSA) is 41.9 Å². The highest BCUT2D eigenvalue weighted by atomic mass is 16.5. The standard InChI is InChI=1S/C18H19NO3/c1-21-12-8-9-13-17(11-12)22-16-7-3-2-5-14(16)19-10-4-6-15(19)18(13)20/h2-3,5,7-9,11,15,18,20H,4,6,10H2,1H3/t15-,18+/m0/s1. The molecule has 0 radical (unpaired) electrons. The van der Waals surface area contributed by atoms with Gasteiger partial charge in [0.15, 0.2) is 5.75 Å². The molecule has 2 aliphatic heterocycles. The molecule has 4 rings (SSSR count). The molecule has 0 aliphatic carbocycles. The van der Waals surface area contributed by atoms with Gasteiger partial charge in [-0.1, -0.05) is 12.1 Å². The first-order valence-corrected chi connectivity index (χ1v) is 7.67. The van der Waals surface area contributed by atoms with Crippen molar-refractivity contribution in [2.24, 2.45) is 0 Å². The predicted molar refractivity (Wildman–Crippen MR) is 84.8 cm³/mol. The van der Waals surface area contributed by atoms with Crippen LogP contribution in [-0.4, -0.2) is 24.8 Å². The van der Waals surface area contributed by atoms with Crippen molar-refractivity contribution in [2.45, 2.75) is 25.0 Å². The molecule has 0 aromatic heterocycles. The third-order valence-corrected chi connectivity index (χ3v) is 4.60. The van der Waals surface area contributed by atoms with Crippen LogP contribution in [0, 0.1) is 0 Å². The molecule has 0 spiro atoms. The number of hydrogen-bond acceptors (Lipinski definition) is 4. The van der Waals surface area contributed by atoms with Crippen molar-refractivity contribution in [3.05, 3.63) is 48.0 Å². The van der Waals surface area contributed by atoms with Crippen LogP contribution in [0.4, 0.5) is 5.69 Å². The molecule has 1 saturated heterocycles. The van der Waals surface area contributed by atoms with Gasteiger partial charge in [0.25, 0.3) is 0 Å². The number of nitrogens with zero attached hydrogens (tertiary/aromatic N) is 1. The van der Waals surface area contributed by atoms with Crippen LogP contribution in [0.25, 0.3) is 0 Å². The average Bonchev–Trinajstić information content (AvgIpc) is 3.02. The Balaban J connectivity index is 1.89.